The van der Waals surface area contributed by atoms with E-state index >= 15 is 0 Å². The van der Waals surface area contributed by atoms with Crippen molar-refractivity contribution in [2.24, 2.45) is 0 Å². The molecule has 0 spiro atoms. The molecule has 0 aliphatic carbocycles. The lowest BCUT2D eigenvalue weighted by Crippen LogP contribution is -2.13. The van der Waals surface area contributed by atoms with E-state index in [1.54, 1.807) is 0 Å². The van der Waals surface area contributed by atoms with Crippen molar-refractivity contribution >= 4 is 27.5 Å². The Morgan fingerprint density at radius 1 is 1.04 bits per heavy atom. The SMILES string of the molecule is COc1ccc(C(=O)Nc2ccc(Br)c(C(F)(F)F)c2)cc1OC. The fourth-order valence-electron chi connectivity index (χ4n) is 2.00. The van der Waals surface area contributed by atoms with Crippen LogP contribution in [0.15, 0.2) is 40.9 Å². The van der Waals surface area contributed by atoms with E-state index in [9.17, 15) is 18.0 Å². The molecule has 8 heteroatoms. The number of anilines is 1. The van der Waals surface area contributed by atoms with Crippen LogP contribution < -0.4 is 14.8 Å². The number of halogens is 4. The number of benzene rings is 2. The maximum Gasteiger partial charge on any atom is 0.417 e. The minimum atomic E-state index is -4.52. The van der Waals surface area contributed by atoms with Crippen LogP contribution in [0.5, 0.6) is 11.5 Å². The Hall–Kier alpha value is -2.22. The third-order valence-electron chi connectivity index (χ3n) is 3.18. The molecule has 24 heavy (non-hydrogen) atoms. The van der Waals surface area contributed by atoms with Gasteiger partial charge in [0.1, 0.15) is 0 Å². The second kappa shape index (κ2) is 7.12. The summed E-state index contributed by atoms with van der Waals surface area (Å²) in [4.78, 5) is 12.2. The summed E-state index contributed by atoms with van der Waals surface area (Å²) in [5.41, 5.74) is -0.609. The number of hydrogen-bond acceptors (Lipinski definition) is 3. The summed E-state index contributed by atoms with van der Waals surface area (Å²) in [6, 6.07) is 7.93. The highest BCUT2D eigenvalue weighted by Crippen LogP contribution is 2.36. The summed E-state index contributed by atoms with van der Waals surface area (Å²) >= 11 is 2.85. The van der Waals surface area contributed by atoms with Crippen LogP contribution in [0.25, 0.3) is 0 Å². The number of amides is 1. The molecule has 0 saturated heterocycles. The minimum Gasteiger partial charge on any atom is -0.493 e. The molecule has 4 nitrogen and oxygen atoms in total. The van der Waals surface area contributed by atoms with Crippen molar-refractivity contribution in [1.82, 2.24) is 0 Å². The third kappa shape index (κ3) is 4.00. The first-order chi connectivity index (χ1) is 11.3. The zero-order valence-corrected chi connectivity index (χ0v) is 14.3. The molecule has 2 rings (SSSR count). The van der Waals surface area contributed by atoms with E-state index in [0.717, 1.165) is 6.07 Å². The van der Waals surface area contributed by atoms with E-state index in [-0.39, 0.29) is 15.7 Å². The summed E-state index contributed by atoms with van der Waals surface area (Å²) in [6.45, 7) is 0. The molecule has 0 atom stereocenters. The Labute approximate surface area is 144 Å². The fraction of sp³-hybridized carbons (Fsp3) is 0.188. The molecule has 1 amide bonds. The van der Waals surface area contributed by atoms with Crippen molar-refractivity contribution in [3.05, 3.63) is 52.0 Å². The lowest BCUT2D eigenvalue weighted by Gasteiger charge is -2.13. The average molecular weight is 404 g/mol. The Bertz CT molecular complexity index is 763. The molecule has 2 aromatic carbocycles. The summed E-state index contributed by atoms with van der Waals surface area (Å²) < 4.78 is 48.8. The first-order valence-electron chi connectivity index (χ1n) is 6.66. The molecule has 0 aromatic heterocycles. The van der Waals surface area contributed by atoms with Gasteiger partial charge in [0.15, 0.2) is 11.5 Å². The molecule has 0 heterocycles. The van der Waals surface area contributed by atoms with Crippen molar-refractivity contribution in [2.75, 3.05) is 19.5 Å². The number of alkyl halides is 3. The van der Waals surface area contributed by atoms with E-state index in [4.69, 9.17) is 9.47 Å². The lowest BCUT2D eigenvalue weighted by atomic mass is 10.1. The highest BCUT2D eigenvalue weighted by atomic mass is 79.9. The fourth-order valence-corrected chi connectivity index (χ4v) is 2.47. The number of ether oxygens (including phenoxy) is 2. The molecule has 0 bridgehead atoms. The second-order valence-electron chi connectivity index (χ2n) is 4.72. The number of hydrogen-bond donors (Lipinski definition) is 1. The van der Waals surface area contributed by atoms with Crippen molar-refractivity contribution < 1.29 is 27.4 Å². The average Bonchev–Trinajstić information content (AvgIpc) is 2.54. The molecule has 0 aliphatic rings. The molecular formula is C16H13BrF3NO3. The van der Waals surface area contributed by atoms with Crippen LogP contribution >= 0.6 is 15.9 Å². The smallest absolute Gasteiger partial charge is 0.417 e. The molecule has 0 aliphatic heterocycles. The van der Waals surface area contributed by atoms with Crippen LogP contribution in [0.1, 0.15) is 15.9 Å². The molecule has 0 fully saturated rings. The normalized spacial score (nSPS) is 11.1. The highest BCUT2D eigenvalue weighted by Gasteiger charge is 2.33. The van der Waals surface area contributed by atoms with Gasteiger partial charge in [-0.15, -0.1) is 0 Å². The van der Waals surface area contributed by atoms with Gasteiger partial charge in [0.05, 0.1) is 19.8 Å². The van der Waals surface area contributed by atoms with E-state index in [2.05, 4.69) is 21.2 Å². The van der Waals surface area contributed by atoms with Crippen LogP contribution in [-0.4, -0.2) is 20.1 Å². The Kier molecular flexibility index (Phi) is 5.38. The molecule has 0 unspecified atom stereocenters. The van der Waals surface area contributed by atoms with E-state index < -0.39 is 17.6 Å². The van der Waals surface area contributed by atoms with Crippen LogP contribution in [0.3, 0.4) is 0 Å². The van der Waals surface area contributed by atoms with Gasteiger partial charge in [-0.1, -0.05) is 15.9 Å². The molecule has 0 saturated carbocycles. The van der Waals surface area contributed by atoms with E-state index in [0.29, 0.717) is 11.5 Å². The quantitative estimate of drug-likeness (QED) is 0.801. The zero-order chi connectivity index (χ0) is 17.9. The standard InChI is InChI=1S/C16H13BrF3NO3/c1-23-13-6-3-9(7-14(13)24-2)15(22)21-10-4-5-12(17)11(8-10)16(18,19)20/h3-8H,1-2H3,(H,21,22). The molecule has 1 N–H and O–H groups in total. The Morgan fingerprint density at radius 3 is 2.29 bits per heavy atom. The maximum absolute atomic E-state index is 12.9. The van der Waals surface area contributed by atoms with Gasteiger partial charge in [0, 0.05) is 15.7 Å². The second-order valence-corrected chi connectivity index (χ2v) is 5.57. The van der Waals surface area contributed by atoms with Gasteiger partial charge in [-0.25, -0.2) is 0 Å². The van der Waals surface area contributed by atoms with Gasteiger partial charge in [-0.3, -0.25) is 4.79 Å². The van der Waals surface area contributed by atoms with Crippen LogP contribution in [0, 0.1) is 0 Å². The van der Waals surface area contributed by atoms with Gasteiger partial charge >= 0.3 is 6.18 Å². The highest BCUT2D eigenvalue weighted by molar-refractivity contribution is 9.10. The van der Waals surface area contributed by atoms with Crippen LogP contribution in [0.4, 0.5) is 18.9 Å². The van der Waals surface area contributed by atoms with E-state index in [1.165, 1.54) is 44.6 Å². The third-order valence-corrected chi connectivity index (χ3v) is 3.87. The first-order valence-corrected chi connectivity index (χ1v) is 7.45. The number of carbonyl (C=O) groups excluding carboxylic acids is 1. The number of rotatable bonds is 4. The van der Waals surface area contributed by atoms with Gasteiger partial charge in [0.2, 0.25) is 0 Å². The summed E-state index contributed by atoms with van der Waals surface area (Å²) in [5.74, 6) is 0.223. The summed E-state index contributed by atoms with van der Waals surface area (Å²) in [5, 5.41) is 2.43. The number of carbonyl (C=O) groups is 1. The molecule has 128 valence electrons. The number of nitrogens with one attached hydrogen (secondary N) is 1. The molecular weight excluding hydrogens is 391 g/mol. The monoisotopic (exact) mass is 403 g/mol. The van der Waals surface area contributed by atoms with Gasteiger partial charge in [-0.2, -0.15) is 13.2 Å². The Morgan fingerprint density at radius 2 is 1.71 bits per heavy atom. The van der Waals surface area contributed by atoms with E-state index in [1.807, 2.05) is 0 Å². The summed E-state index contributed by atoms with van der Waals surface area (Å²) in [7, 11) is 2.88. The van der Waals surface area contributed by atoms with Crippen molar-refractivity contribution in [2.45, 2.75) is 6.18 Å². The predicted octanol–water partition coefficient (Wildman–Crippen LogP) is 4.74. The van der Waals surface area contributed by atoms with Crippen molar-refractivity contribution in [3.8, 4) is 11.5 Å². The summed E-state index contributed by atoms with van der Waals surface area (Å²) in [6.07, 6.45) is -4.52. The van der Waals surface area contributed by atoms with Crippen LogP contribution in [0.2, 0.25) is 0 Å². The first kappa shape index (κ1) is 18.1. The molecule has 0 radical (unpaired) electrons. The van der Waals surface area contributed by atoms with Gasteiger partial charge in [0.25, 0.3) is 5.91 Å². The van der Waals surface area contributed by atoms with Gasteiger partial charge in [-0.05, 0) is 36.4 Å². The van der Waals surface area contributed by atoms with Crippen molar-refractivity contribution in [3.63, 3.8) is 0 Å². The van der Waals surface area contributed by atoms with Crippen LogP contribution in [-0.2, 0) is 6.18 Å². The lowest BCUT2D eigenvalue weighted by molar-refractivity contribution is -0.138. The topological polar surface area (TPSA) is 47.6 Å². The Balaban J connectivity index is 2.27. The predicted molar refractivity (Wildman–Crippen MR) is 86.6 cm³/mol. The van der Waals surface area contributed by atoms with Crippen molar-refractivity contribution in [1.29, 1.82) is 0 Å². The largest absolute Gasteiger partial charge is 0.493 e. The maximum atomic E-state index is 12.9. The zero-order valence-electron chi connectivity index (χ0n) is 12.7. The molecule has 2 aromatic rings. The number of methoxy groups -OCH3 is 2. The minimum absolute atomic E-state index is 0.0327. The van der Waals surface area contributed by atoms with Gasteiger partial charge < -0.3 is 14.8 Å².